The monoisotopic (exact) mass is 1030 g/mol. The minimum Gasteiger partial charge on any atom is -0.464 e. The Morgan fingerprint density at radius 1 is 0.243 bits per heavy atom. The van der Waals surface area contributed by atoms with Crippen molar-refractivity contribution in [3.05, 3.63) is 0 Å². The van der Waals surface area contributed by atoms with Crippen LogP contribution < -0.4 is 0 Å². The van der Waals surface area contributed by atoms with Crippen LogP contribution in [0.5, 0.6) is 0 Å². The van der Waals surface area contributed by atoms with Gasteiger partial charge in [0, 0.05) is 7.11 Å². The number of ether oxygens (including phenoxy) is 22. The Labute approximate surface area is 418 Å². The summed E-state index contributed by atoms with van der Waals surface area (Å²) in [6.45, 7) is 23.8. The molecule has 420 valence electrons. The van der Waals surface area contributed by atoms with Crippen molar-refractivity contribution >= 4 is 5.97 Å². The van der Waals surface area contributed by atoms with Crippen LogP contribution in [0.3, 0.4) is 0 Å². The summed E-state index contributed by atoms with van der Waals surface area (Å²) in [5, 5.41) is 0. The van der Waals surface area contributed by atoms with Crippen LogP contribution in [0.1, 0.15) is 13.8 Å². The molecule has 0 bridgehead atoms. The molecule has 0 saturated heterocycles. The molecule has 0 aromatic carbocycles. The summed E-state index contributed by atoms with van der Waals surface area (Å²) in [5.41, 5.74) is 0. The van der Waals surface area contributed by atoms with E-state index in [2.05, 4.69) is 0 Å². The highest BCUT2D eigenvalue weighted by atomic mass is 16.6. The number of esters is 1. The summed E-state index contributed by atoms with van der Waals surface area (Å²) in [6.07, 6.45) is 0. The minimum atomic E-state index is -0.363. The van der Waals surface area contributed by atoms with Gasteiger partial charge in [-0.15, -0.1) is 0 Å². The third-order valence-electron chi connectivity index (χ3n) is 8.30. The van der Waals surface area contributed by atoms with Gasteiger partial charge in [0.1, 0.15) is 6.61 Å². The van der Waals surface area contributed by atoms with Gasteiger partial charge >= 0.3 is 5.97 Å². The quantitative estimate of drug-likeness (QED) is 0.0617. The normalized spacial score (nSPS) is 11.7. The molecule has 0 aromatic heterocycles. The van der Waals surface area contributed by atoms with Gasteiger partial charge in [-0.2, -0.15) is 0 Å². The van der Waals surface area contributed by atoms with Crippen LogP contribution in [0.4, 0.5) is 0 Å². The van der Waals surface area contributed by atoms with Crippen LogP contribution >= 0.6 is 0 Å². The van der Waals surface area contributed by atoms with Gasteiger partial charge in [-0.25, -0.2) is 4.79 Å². The van der Waals surface area contributed by atoms with Crippen molar-refractivity contribution in [3.8, 4) is 0 Å². The molecular formula is C47H94O23. The largest absolute Gasteiger partial charge is 0.464 e. The minimum absolute atomic E-state index is 0.0666. The lowest BCUT2D eigenvalue weighted by Gasteiger charge is -2.09. The van der Waals surface area contributed by atoms with Crippen molar-refractivity contribution in [1.29, 1.82) is 0 Å². The Morgan fingerprint density at radius 2 is 0.386 bits per heavy atom. The van der Waals surface area contributed by atoms with Crippen LogP contribution in [-0.2, 0) is 109 Å². The Balaban J connectivity index is 3.09. The summed E-state index contributed by atoms with van der Waals surface area (Å²) in [6, 6.07) is 0. The van der Waals surface area contributed by atoms with Gasteiger partial charge in [-0.05, 0) is 5.92 Å². The van der Waals surface area contributed by atoms with Crippen molar-refractivity contribution in [2.24, 2.45) is 5.92 Å². The molecule has 0 aromatic rings. The van der Waals surface area contributed by atoms with Gasteiger partial charge in [0.05, 0.1) is 271 Å². The van der Waals surface area contributed by atoms with Crippen LogP contribution in [-0.4, -0.2) is 291 Å². The van der Waals surface area contributed by atoms with Crippen molar-refractivity contribution in [2.45, 2.75) is 13.8 Å². The third-order valence-corrected chi connectivity index (χ3v) is 8.30. The predicted molar refractivity (Wildman–Crippen MR) is 254 cm³/mol. The Morgan fingerprint density at radius 3 is 0.529 bits per heavy atom. The van der Waals surface area contributed by atoms with Crippen LogP contribution in [0, 0.1) is 5.92 Å². The van der Waals surface area contributed by atoms with E-state index in [0.717, 1.165) is 0 Å². The number of carbonyl (C=O) groups is 1. The highest BCUT2D eigenvalue weighted by Gasteiger charge is 2.05. The lowest BCUT2D eigenvalue weighted by Crippen LogP contribution is -2.18. The Kier molecular flexibility index (Phi) is 62.5. The van der Waals surface area contributed by atoms with E-state index in [1.165, 1.54) is 0 Å². The third kappa shape index (κ3) is 64.6. The van der Waals surface area contributed by atoms with Crippen LogP contribution in [0.2, 0.25) is 0 Å². The number of methoxy groups -OCH3 is 1. The first-order chi connectivity index (χ1) is 34.7. The van der Waals surface area contributed by atoms with Crippen molar-refractivity contribution in [3.63, 3.8) is 0 Å². The molecule has 0 rings (SSSR count). The molecule has 0 unspecified atom stereocenters. The maximum absolute atomic E-state index is 11.4. The van der Waals surface area contributed by atoms with Gasteiger partial charge < -0.3 is 104 Å². The SMILES string of the molecule is COCCOCCOCCOCCOCCOCCOCCOCCOCCOCCOCCOCCOCCOCCOCCOCCOCCOCCOCCOCCOCC(=O)OCC(C)C. The van der Waals surface area contributed by atoms with E-state index < -0.39 is 0 Å². The fourth-order valence-electron chi connectivity index (χ4n) is 4.78. The van der Waals surface area contributed by atoms with Gasteiger partial charge in [-0.3, -0.25) is 0 Å². The van der Waals surface area contributed by atoms with Gasteiger partial charge in [-0.1, -0.05) is 13.8 Å². The lowest BCUT2D eigenvalue weighted by molar-refractivity contribution is -0.150. The first-order valence-corrected chi connectivity index (χ1v) is 24.9. The predicted octanol–water partition coefficient (Wildman–Crippen LogP) is 1.16. The van der Waals surface area contributed by atoms with E-state index in [1.807, 2.05) is 13.8 Å². The fourth-order valence-corrected chi connectivity index (χ4v) is 4.78. The van der Waals surface area contributed by atoms with Crippen molar-refractivity contribution in [1.82, 2.24) is 0 Å². The molecule has 0 N–H and O–H groups in total. The number of carbonyl (C=O) groups excluding carboxylic acids is 1. The summed E-state index contributed by atoms with van der Waals surface area (Å²) in [4.78, 5) is 11.4. The molecule has 70 heavy (non-hydrogen) atoms. The lowest BCUT2D eigenvalue weighted by atomic mass is 10.2. The van der Waals surface area contributed by atoms with Crippen molar-refractivity contribution < 1.29 is 109 Å². The number of hydrogen-bond acceptors (Lipinski definition) is 23. The van der Waals surface area contributed by atoms with Crippen molar-refractivity contribution in [2.75, 3.05) is 285 Å². The van der Waals surface area contributed by atoms with Crippen LogP contribution in [0.15, 0.2) is 0 Å². The zero-order valence-corrected chi connectivity index (χ0v) is 43.2. The number of hydrogen-bond donors (Lipinski definition) is 0. The molecule has 0 atom stereocenters. The molecule has 23 nitrogen and oxygen atoms in total. The Hall–Kier alpha value is -1.37. The first-order valence-electron chi connectivity index (χ1n) is 24.9. The first kappa shape index (κ1) is 68.6. The smallest absolute Gasteiger partial charge is 0.332 e. The molecule has 0 heterocycles. The summed E-state index contributed by atoms with van der Waals surface area (Å²) < 4.78 is 119. The molecule has 0 amide bonds. The summed E-state index contributed by atoms with van der Waals surface area (Å²) in [5.74, 6) is -0.0606. The second kappa shape index (κ2) is 63.7. The highest BCUT2D eigenvalue weighted by Crippen LogP contribution is 1.94. The average molecular weight is 1030 g/mol. The second-order valence-corrected chi connectivity index (χ2v) is 14.8. The van der Waals surface area contributed by atoms with Crippen LogP contribution in [0.25, 0.3) is 0 Å². The summed E-state index contributed by atoms with van der Waals surface area (Å²) >= 11 is 0. The van der Waals surface area contributed by atoms with E-state index in [9.17, 15) is 4.79 Å². The molecule has 0 fully saturated rings. The molecule has 0 radical (unpaired) electrons. The molecule has 0 aliphatic rings. The maximum atomic E-state index is 11.4. The summed E-state index contributed by atoms with van der Waals surface area (Å²) in [7, 11) is 1.64. The molecule has 0 saturated carbocycles. The van der Waals surface area contributed by atoms with E-state index in [1.54, 1.807) is 7.11 Å². The fraction of sp³-hybridized carbons (Fsp3) is 0.979. The van der Waals surface area contributed by atoms with Gasteiger partial charge in [0.15, 0.2) is 0 Å². The zero-order chi connectivity index (χ0) is 50.4. The van der Waals surface area contributed by atoms with E-state index in [4.69, 9.17) is 104 Å². The highest BCUT2D eigenvalue weighted by molar-refractivity contribution is 5.70. The standard InChI is InChI=1S/C47H94O23/c1-46(2)44-70-47(48)45-69-43-42-68-41-40-67-39-38-66-37-36-65-35-34-64-33-32-63-31-30-62-29-28-61-27-26-60-25-24-59-23-22-58-21-20-57-19-18-56-17-16-55-15-14-54-13-12-53-11-10-52-9-8-51-7-6-50-5-4-49-3/h46H,4-45H2,1-3H3. The zero-order valence-electron chi connectivity index (χ0n) is 43.2. The maximum Gasteiger partial charge on any atom is 0.332 e. The molecule has 23 heteroatoms. The molecule has 0 aliphatic carbocycles. The Bertz CT molecular complexity index is 962. The van der Waals surface area contributed by atoms with Gasteiger partial charge in [0.2, 0.25) is 0 Å². The molecule has 0 aliphatic heterocycles. The second-order valence-electron chi connectivity index (χ2n) is 14.8. The average Bonchev–Trinajstić information content (AvgIpc) is 3.36. The molecule has 0 spiro atoms. The van der Waals surface area contributed by atoms with E-state index in [0.29, 0.717) is 277 Å². The number of rotatable bonds is 64. The van der Waals surface area contributed by atoms with Gasteiger partial charge in [0.25, 0.3) is 0 Å². The van der Waals surface area contributed by atoms with E-state index in [-0.39, 0.29) is 12.6 Å². The topological polar surface area (TPSA) is 220 Å². The van der Waals surface area contributed by atoms with E-state index >= 15 is 0 Å². The molecular weight excluding hydrogens is 932 g/mol.